The highest BCUT2D eigenvalue weighted by atomic mass is 19.1. The van der Waals surface area contributed by atoms with Crippen LogP contribution in [0.3, 0.4) is 0 Å². The highest BCUT2D eigenvalue weighted by Gasteiger charge is 2.24. The number of nitrogens with zero attached hydrogens (tertiary/aromatic N) is 4. The van der Waals surface area contributed by atoms with Crippen LogP contribution in [0.5, 0.6) is 0 Å². The molecule has 8 heteroatoms. The van der Waals surface area contributed by atoms with Crippen LogP contribution >= 0.6 is 0 Å². The van der Waals surface area contributed by atoms with Gasteiger partial charge in [-0.05, 0) is 43.5 Å². The fourth-order valence-corrected chi connectivity index (χ4v) is 2.73. The van der Waals surface area contributed by atoms with Crippen molar-refractivity contribution in [2.24, 2.45) is 0 Å². The Morgan fingerprint density at radius 2 is 2.24 bits per heavy atom. The number of rotatable bonds is 5. The minimum absolute atomic E-state index is 0.119. The lowest BCUT2D eigenvalue weighted by molar-refractivity contribution is 0.0931. The number of carbonyl (C=O) groups is 1. The third kappa shape index (κ3) is 3.15. The number of nitrogens with one attached hydrogen (secondary N) is 1. The van der Waals surface area contributed by atoms with Crippen molar-refractivity contribution in [1.82, 2.24) is 25.2 Å². The lowest BCUT2D eigenvalue weighted by Crippen LogP contribution is -2.29. The Hall–Kier alpha value is -3.03. The summed E-state index contributed by atoms with van der Waals surface area (Å²) in [6.45, 7) is 0.119. The predicted molar refractivity (Wildman–Crippen MR) is 86.0 cm³/mol. The third-order valence-electron chi connectivity index (χ3n) is 4.27. The normalized spacial score (nSPS) is 14.3. The first-order valence-corrected chi connectivity index (χ1v) is 8.11. The van der Waals surface area contributed by atoms with Gasteiger partial charge < -0.3 is 9.84 Å². The Bertz CT molecular complexity index is 900. The molecule has 0 saturated heterocycles. The van der Waals surface area contributed by atoms with Crippen molar-refractivity contribution in [3.05, 3.63) is 53.9 Å². The summed E-state index contributed by atoms with van der Waals surface area (Å²) >= 11 is 0. The van der Waals surface area contributed by atoms with Crippen molar-refractivity contribution in [2.75, 3.05) is 0 Å². The van der Waals surface area contributed by atoms with Crippen molar-refractivity contribution in [3.8, 4) is 11.5 Å². The molecule has 0 atom stereocenters. The molecule has 2 heterocycles. The summed E-state index contributed by atoms with van der Waals surface area (Å²) in [5.41, 5.74) is 1.02. The minimum Gasteiger partial charge on any atom is -0.343 e. The Balaban J connectivity index is 1.42. The molecule has 7 nitrogen and oxygen atoms in total. The molecule has 1 saturated carbocycles. The van der Waals surface area contributed by atoms with Gasteiger partial charge in [-0.2, -0.15) is 10.1 Å². The first-order chi connectivity index (χ1) is 12.2. The molecule has 3 aromatic rings. The van der Waals surface area contributed by atoms with Gasteiger partial charge >= 0.3 is 0 Å². The minimum atomic E-state index is -0.380. The zero-order chi connectivity index (χ0) is 17.2. The van der Waals surface area contributed by atoms with Gasteiger partial charge in [0, 0.05) is 11.8 Å². The van der Waals surface area contributed by atoms with Gasteiger partial charge in [-0.25, -0.2) is 4.39 Å². The van der Waals surface area contributed by atoms with E-state index in [2.05, 4.69) is 20.6 Å². The van der Waals surface area contributed by atoms with Gasteiger partial charge in [0.25, 0.3) is 11.8 Å². The average molecular weight is 341 g/mol. The molecule has 0 bridgehead atoms. The van der Waals surface area contributed by atoms with Gasteiger partial charge in [0.2, 0.25) is 0 Å². The van der Waals surface area contributed by atoms with Crippen molar-refractivity contribution in [1.29, 1.82) is 0 Å². The number of hydrogen-bond acceptors (Lipinski definition) is 5. The van der Waals surface area contributed by atoms with Gasteiger partial charge in [-0.3, -0.25) is 9.48 Å². The third-order valence-corrected chi connectivity index (χ3v) is 4.27. The molecule has 1 aliphatic rings. The zero-order valence-electron chi connectivity index (χ0n) is 13.4. The second kappa shape index (κ2) is 6.46. The summed E-state index contributed by atoms with van der Waals surface area (Å²) < 4.78 is 20.1. The van der Waals surface area contributed by atoms with E-state index >= 15 is 0 Å². The van der Waals surface area contributed by atoms with Crippen molar-refractivity contribution >= 4 is 5.91 Å². The average Bonchev–Trinajstić information content (AvgIpc) is 3.20. The maximum absolute atomic E-state index is 13.3. The lowest BCUT2D eigenvalue weighted by atomic mass is 9.93. The molecule has 0 radical (unpaired) electrons. The fraction of sp³-hybridized carbons (Fsp3) is 0.294. The van der Waals surface area contributed by atoms with Crippen LogP contribution in [0.15, 0.2) is 41.1 Å². The van der Waals surface area contributed by atoms with Crippen LogP contribution in [-0.2, 0) is 6.54 Å². The maximum atomic E-state index is 13.3. The summed E-state index contributed by atoms with van der Waals surface area (Å²) in [5.74, 6) is -0.0816. The van der Waals surface area contributed by atoms with Crippen LogP contribution < -0.4 is 5.32 Å². The summed E-state index contributed by atoms with van der Waals surface area (Å²) in [7, 11) is 0. The lowest BCUT2D eigenvalue weighted by Gasteiger charge is -2.27. The molecule has 0 aliphatic heterocycles. The van der Waals surface area contributed by atoms with Crippen LogP contribution in [0.25, 0.3) is 11.5 Å². The number of hydrogen-bond donors (Lipinski definition) is 1. The van der Waals surface area contributed by atoms with E-state index in [0.29, 0.717) is 23.1 Å². The summed E-state index contributed by atoms with van der Waals surface area (Å²) in [6.07, 6.45) is 4.88. The molecule has 128 valence electrons. The molecule has 1 aliphatic carbocycles. The Kier molecular flexibility index (Phi) is 4.01. The fourth-order valence-electron chi connectivity index (χ4n) is 2.73. The Morgan fingerprint density at radius 3 is 3.00 bits per heavy atom. The summed E-state index contributed by atoms with van der Waals surface area (Å²) in [4.78, 5) is 16.5. The van der Waals surface area contributed by atoms with Crippen LogP contribution in [0, 0.1) is 5.82 Å². The summed E-state index contributed by atoms with van der Waals surface area (Å²) in [6, 6.07) is 7.90. The highest BCUT2D eigenvalue weighted by Crippen LogP contribution is 2.31. The second-order valence-electron chi connectivity index (χ2n) is 5.95. The van der Waals surface area contributed by atoms with E-state index in [-0.39, 0.29) is 24.2 Å². The van der Waals surface area contributed by atoms with E-state index in [4.69, 9.17) is 4.52 Å². The molecule has 25 heavy (non-hydrogen) atoms. The standard InChI is InChI=1S/C17H16FN5O2/c18-12-4-1-3-11(9-12)17-21-15(22-25-17)10-19-16(24)14-7-8-20-23(14)13-5-2-6-13/h1,3-4,7-9,13H,2,5-6,10H2,(H,19,24). The van der Waals surface area contributed by atoms with E-state index in [9.17, 15) is 9.18 Å². The van der Waals surface area contributed by atoms with Crippen molar-refractivity contribution < 1.29 is 13.7 Å². The molecular weight excluding hydrogens is 325 g/mol. The van der Waals surface area contributed by atoms with E-state index < -0.39 is 0 Å². The number of amides is 1. The molecule has 2 aromatic heterocycles. The van der Waals surface area contributed by atoms with E-state index in [1.807, 2.05) is 0 Å². The molecule has 0 spiro atoms. The molecular formula is C17H16FN5O2. The SMILES string of the molecule is O=C(NCc1noc(-c2cccc(F)c2)n1)c1ccnn1C1CCC1. The van der Waals surface area contributed by atoms with Crippen LogP contribution in [0.2, 0.25) is 0 Å². The van der Waals surface area contributed by atoms with Gasteiger partial charge in [0.05, 0.1) is 12.6 Å². The van der Waals surface area contributed by atoms with Crippen LogP contribution in [-0.4, -0.2) is 25.8 Å². The van der Waals surface area contributed by atoms with Crippen LogP contribution in [0.1, 0.15) is 41.6 Å². The summed E-state index contributed by atoms with van der Waals surface area (Å²) in [5, 5.41) is 10.8. The second-order valence-corrected chi connectivity index (χ2v) is 5.95. The molecule has 1 aromatic carbocycles. The van der Waals surface area contributed by atoms with Gasteiger partial charge in [-0.15, -0.1) is 0 Å². The van der Waals surface area contributed by atoms with E-state index in [0.717, 1.165) is 19.3 Å². The largest absolute Gasteiger partial charge is 0.343 e. The first kappa shape index (κ1) is 15.5. The Labute approximate surface area is 142 Å². The topological polar surface area (TPSA) is 85.8 Å². The van der Waals surface area contributed by atoms with Gasteiger partial charge in [0.1, 0.15) is 11.5 Å². The monoisotopic (exact) mass is 341 g/mol. The van der Waals surface area contributed by atoms with E-state index in [1.54, 1.807) is 29.1 Å². The highest BCUT2D eigenvalue weighted by molar-refractivity contribution is 5.92. The molecule has 1 fully saturated rings. The number of carbonyl (C=O) groups excluding carboxylic acids is 1. The quantitative estimate of drug-likeness (QED) is 0.771. The Morgan fingerprint density at radius 1 is 1.36 bits per heavy atom. The predicted octanol–water partition coefficient (Wildman–Crippen LogP) is 2.73. The van der Waals surface area contributed by atoms with E-state index in [1.165, 1.54) is 12.1 Å². The number of benzene rings is 1. The number of halogens is 1. The van der Waals surface area contributed by atoms with Crippen molar-refractivity contribution in [2.45, 2.75) is 31.8 Å². The molecule has 0 unspecified atom stereocenters. The zero-order valence-corrected chi connectivity index (χ0v) is 13.4. The molecule has 4 rings (SSSR count). The maximum Gasteiger partial charge on any atom is 0.269 e. The van der Waals surface area contributed by atoms with Gasteiger partial charge in [0.15, 0.2) is 5.82 Å². The molecule has 1 amide bonds. The van der Waals surface area contributed by atoms with Crippen LogP contribution in [0.4, 0.5) is 4.39 Å². The molecule has 1 N–H and O–H groups in total. The number of aromatic nitrogens is 4. The first-order valence-electron chi connectivity index (χ1n) is 8.11. The van der Waals surface area contributed by atoms with Gasteiger partial charge in [-0.1, -0.05) is 11.2 Å². The smallest absolute Gasteiger partial charge is 0.269 e. The van der Waals surface area contributed by atoms with Crippen molar-refractivity contribution in [3.63, 3.8) is 0 Å².